The van der Waals surface area contributed by atoms with Crippen LogP contribution in [0.3, 0.4) is 0 Å². The normalized spacial score (nSPS) is 11.7. The second-order valence-electron chi connectivity index (χ2n) is 2.98. The maximum atomic E-state index is 9.00. The van der Waals surface area contributed by atoms with Gasteiger partial charge in [-0.25, -0.2) is 4.98 Å². The lowest BCUT2D eigenvalue weighted by Crippen LogP contribution is -2.42. The van der Waals surface area contributed by atoms with E-state index in [1.165, 1.54) is 11.3 Å². The third-order valence-electron chi connectivity index (χ3n) is 1.58. The highest BCUT2D eigenvalue weighted by Crippen LogP contribution is 2.22. The van der Waals surface area contributed by atoms with Crippen LogP contribution in [0.15, 0.2) is 9.98 Å². The first-order valence-corrected chi connectivity index (χ1v) is 5.38. The molecule has 1 heterocycles. The number of rotatable bonds is 4. The van der Waals surface area contributed by atoms with Crippen molar-refractivity contribution in [3.63, 3.8) is 0 Å². The summed E-state index contributed by atoms with van der Waals surface area (Å²) in [6.07, 6.45) is 0. The lowest BCUT2D eigenvalue weighted by atomic mass is 10.1. The van der Waals surface area contributed by atoms with Crippen LogP contribution >= 0.6 is 27.3 Å². The second kappa shape index (κ2) is 4.36. The minimum Gasteiger partial charge on any atom is -0.394 e. The summed E-state index contributed by atoms with van der Waals surface area (Å²) in [4.78, 5) is 4.09. The van der Waals surface area contributed by atoms with Gasteiger partial charge in [-0.15, -0.1) is 11.3 Å². The van der Waals surface area contributed by atoms with Gasteiger partial charge >= 0.3 is 0 Å². The molecule has 3 N–H and O–H groups in total. The summed E-state index contributed by atoms with van der Waals surface area (Å²) < 4.78 is 0.748. The number of aliphatic hydroxyl groups excluding tert-OH is 2. The van der Waals surface area contributed by atoms with Crippen molar-refractivity contribution in [1.82, 2.24) is 4.98 Å². The molecule has 0 aliphatic heterocycles. The Hall–Kier alpha value is -0.170. The molecule has 4 nitrogen and oxygen atoms in total. The molecular weight excluding hydrogens is 256 g/mol. The van der Waals surface area contributed by atoms with Crippen LogP contribution in [0.4, 0.5) is 5.13 Å². The summed E-state index contributed by atoms with van der Waals surface area (Å²) in [6.45, 7) is 1.45. The molecule has 0 spiro atoms. The summed E-state index contributed by atoms with van der Waals surface area (Å²) in [5.74, 6) is 0. The van der Waals surface area contributed by atoms with Crippen LogP contribution in [0.25, 0.3) is 0 Å². The molecule has 0 saturated heterocycles. The summed E-state index contributed by atoms with van der Waals surface area (Å²) in [5.41, 5.74) is -0.711. The van der Waals surface area contributed by atoms with Crippen LogP contribution in [-0.2, 0) is 0 Å². The quantitative estimate of drug-likeness (QED) is 0.763. The van der Waals surface area contributed by atoms with Crippen molar-refractivity contribution in [3.05, 3.63) is 9.98 Å². The van der Waals surface area contributed by atoms with Crippen molar-refractivity contribution in [2.24, 2.45) is 0 Å². The minimum absolute atomic E-state index is 0.138. The Morgan fingerprint density at radius 1 is 1.62 bits per heavy atom. The monoisotopic (exact) mass is 266 g/mol. The molecule has 0 amide bonds. The van der Waals surface area contributed by atoms with E-state index in [1.807, 2.05) is 5.38 Å². The minimum atomic E-state index is -0.711. The van der Waals surface area contributed by atoms with Gasteiger partial charge in [-0.3, -0.25) is 0 Å². The zero-order valence-electron chi connectivity index (χ0n) is 7.12. The average molecular weight is 267 g/mol. The number of halogens is 1. The molecule has 6 heteroatoms. The summed E-state index contributed by atoms with van der Waals surface area (Å²) in [6, 6.07) is 0. The van der Waals surface area contributed by atoms with Gasteiger partial charge in [-0.2, -0.15) is 0 Å². The lowest BCUT2D eigenvalue weighted by molar-refractivity contribution is 0.147. The van der Waals surface area contributed by atoms with Gasteiger partial charge in [0.15, 0.2) is 5.13 Å². The molecule has 13 heavy (non-hydrogen) atoms. The first-order chi connectivity index (χ1) is 6.09. The van der Waals surface area contributed by atoms with Crippen molar-refractivity contribution < 1.29 is 10.2 Å². The maximum Gasteiger partial charge on any atom is 0.184 e. The first kappa shape index (κ1) is 10.9. The average Bonchev–Trinajstić information content (AvgIpc) is 2.51. The third-order valence-corrected chi connectivity index (χ3v) is 3.05. The highest BCUT2D eigenvalue weighted by atomic mass is 79.9. The SMILES string of the molecule is CC(CO)(CO)Nc1nc(Br)cs1. The van der Waals surface area contributed by atoms with Crippen LogP contribution in [0, 0.1) is 0 Å². The van der Waals surface area contributed by atoms with E-state index >= 15 is 0 Å². The zero-order chi connectivity index (χ0) is 9.90. The number of nitrogens with zero attached hydrogens (tertiary/aromatic N) is 1. The van der Waals surface area contributed by atoms with E-state index < -0.39 is 5.54 Å². The van der Waals surface area contributed by atoms with Gasteiger partial charge in [0, 0.05) is 5.38 Å². The molecule has 1 aromatic rings. The number of nitrogens with one attached hydrogen (secondary N) is 1. The number of thiazole rings is 1. The third kappa shape index (κ3) is 2.91. The fourth-order valence-corrected chi connectivity index (χ4v) is 1.99. The van der Waals surface area contributed by atoms with Crippen molar-refractivity contribution in [2.75, 3.05) is 18.5 Å². The van der Waals surface area contributed by atoms with E-state index in [1.54, 1.807) is 6.92 Å². The number of aliphatic hydroxyl groups is 2. The lowest BCUT2D eigenvalue weighted by Gasteiger charge is -2.25. The predicted octanol–water partition coefficient (Wildman–Crippen LogP) is 1.06. The van der Waals surface area contributed by atoms with Crippen molar-refractivity contribution in [2.45, 2.75) is 12.5 Å². The summed E-state index contributed by atoms with van der Waals surface area (Å²) >= 11 is 4.63. The topological polar surface area (TPSA) is 65.4 Å². The van der Waals surface area contributed by atoms with Crippen molar-refractivity contribution >= 4 is 32.4 Å². The maximum absolute atomic E-state index is 9.00. The smallest absolute Gasteiger partial charge is 0.184 e. The first-order valence-electron chi connectivity index (χ1n) is 3.70. The molecule has 0 saturated carbocycles. The van der Waals surface area contributed by atoms with Crippen molar-refractivity contribution in [1.29, 1.82) is 0 Å². The fourth-order valence-electron chi connectivity index (χ4n) is 0.699. The van der Waals surface area contributed by atoms with Gasteiger partial charge in [0.05, 0.1) is 18.8 Å². The molecule has 0 aliphatic rings. The largest absolute Gasteiger partial charge is 0.394 e. The molecule has 0 radical (unpaired) electrons. The molecular formula is C7H11BrN2O2S. The Bertz CT molecular complexity index is 275. The molecule has 0 aliphatic carbocycles. The number of anilines is 1. The molecule has 0 atom stereocenters. The van der Waals surface area contributed by atoms with Crippen LogP contribution in [0.1, 0.15) is 6.92 Å². The van der Waals surface area contributed by atoms with E-state index in [2.05, 4.69) is 26.2 Å². The Labute approximate surface area is 88.8 Å². The Morgan fingerprint density at radius 2 is 2.23 bits per heavy atom. The van der Waals surface area contributed by atoms with E-state index in [9.17, 15) is 0 Å². The zero-order valence-corrected chi connectivity index (χ0v) is 9.52. The second-order valence-corrected chi connectivity index (χ2v) is 4.65. The summed E-state index contributed by atoms with van der Waals surface area (Å²) in [5, 5.41) is 23.5. The van der Waals surface area contributed by atoms with E-state index in [-0.39, 0.29) is 13.2 Å². The number of aromatic nitrogens is 1. The molecule has 0 fully saturated rings. The van der Waals surface area contributed by atoms with Gasteiger partial charge in [0.1, 0.15) is 4.60 Å². The van der Waals surface area contributed by atoms with E-state index in [0.717, 1.165) is 4.60 Å². The van der Waals surface area contributed by atoms with Crippen LogP contribution in [0.5, 0.6) is 0 Å². The molecule has 1 rings (SSSR count). The predicted molar refractivity (Wildman–Crippen MR) is 56.0 cm³/mol. The Morgan fingerprint density at radius 3 is 2.62 bits per heavy atom. The van der Waals surface area contributed by atoms with E-state index in [4.69, 9.17) is 10.2 Å². The number of hydrogen-bond donors (Lipinski definition) is 3. The molecule has 0 aromatic carbocycles. The van der Waals surface area contributed by atoms with Crippen LogP contribution in [0.2, 0.25) is 0 Å². The number of hydrogen-bond acceptors (Lipinski definition) is 5. The molecule has 1 aromatic heterocycles. The molecule has 0 bridgehead atoms. The Balaban J connectivity index is 2.67. The highest BCUT2D eigenvalue weighted by Gasteiger charge is 2.22. The standard InChI is InChI=1S/C7H11BrN2O2S/c1-7(3-11,4-12)10-6-9-5(8)2-13-6/h2,11-12H,3-4H2,1H3,(H,9,10). The van der Waals surface area contributed by atoms with Gasteiger partial charge < -0.3 is 15.5 Å². The summed E-state index contributed by atoms with van der Waals surface area (Å²) in [7, 11) is 0. The molecule has 0 unspecified atom stereocenters. The van der Waals surface area contributed by atoms with Gasteiger partial charge in [0.25, 0.3) is 0 Å². The van der Waals surface area contributed by atoms with Crippen LogP contribution in [-0.4, -0.2) is 33.9 Å². The van der Waals surface area contributed by atoms with Crippen LogP contribution < -0.4 is 5.32 Å². The Kier molecular flexibility index (Phi) is 3.66. The van der Waals surface area contributed by atoms with Gasteiger partial charge in [0.2, 0.25) is 0 Å². The fraction of sp³-hybridized carbons (Fsp3) is 0.571. The highest BCUT2D eigenvalue weighted by molar-refractivity contribution is 9.10. The van der Waals surface area contributed by atoms with Crippen molar-refractivity contribution in [3.8, 4) is 0 Å². The van der Waals surface area contributed by atoms with Gasteiger partial charge in [-0.1, -0.05) is 0 Å². The molecule has 74 valence electrons. The van der Waals surface area contributed by atoms with Gasteiger partial charge in [-0.05, 0) is 22.9 Å². The van der Waals surface area contributed by atoms with E-state index in [0.29, 0.717) is 5.13 Å².